The van der Waals surface area contributed by atoms with Gasteiger partial charge in [-0.1, -0.05) is 328 Å². The van der Waals surface area contributed by atoms with E-state index in [-0.39, 0.29) is 12.5 Å². The molecule has 0 saturated heterocycles. The van der Waals surface area contributed by atoms with Gasteiger partial charge in [0.15, 0.2) is 0 Å². The van der Waals surface area contributed by atoms with Gasteiger partial charge in [0.05, 0.1) is 18.8 Å². The molecule has 3 N–H and O–H groups in total. The van der Waals surface area contributed by atoms with Crippen LogP contribution in [0.5, 0.6) is 0 Å². The Morgan fingerprint density at radius 1 is 0.329 bits per heavy atom. The van der Waals surface area contributed by atoms with Crippen molar-refractivity contribution in [1.29, 1.82) is 0 Å². The average molecular weight is 1050 g/mol. The molecule has 0 radical (unpaired) electrons. The van der Waals surface area contributed by atoms with Crippen molar-refractivity contribution < 1.29 is 15.0 Å². The Morgan fingerprint density at radius 3 is 0.921 bits per heavy atom. The third kappa shape index (κ3) is 61.6. The Morgan fingerprint density at radius 2 is 0.592 bits per heavy atom. The van der Waals surface area contributed by atoms with E-state index in [1.165, 1.54) is 193 Å². The van der Waals surface area contributed by atoms with E-state index in [4.69, 9.17) is 0 Å². The van der Waals surface area contributed by atoms with E-state index in [1.54, 1.807) is 6.08 Å². The largest absolute Gasteiger partial charge is 0.394 e. The summed E-state index contributed by atoms with van der Waals surface area (Å²) in [4.78, 5) is 12.5. The molecule has 0 rings (SSSR count). The SMILES string of the molecule is CC/C=C\C/C=C\C/C=C\C/C=C\C/C=C\C/C=C\C/C=C\C/C=C\CCCCCCCCC(=O)NC(CO)C(O)/C=C/CC/C=C/CCCCCCCCCCCCCCCCCCCCCCCCCCCCC. The van der Waals surface area contributed by atoms with E-state index >= 15 is 0 Å². The number of nitrogens with one attached hydrogen (secondary N) is 1. The fourth-order valence-electron chi connectivity index (χ4n) is 9.51. The number of unbranched alkanes of at least 4 members (excludes halogenated alkanes) is 34. The molecule has 0 aliphatic carbocycles. The monoisotopic (exact) mass is 1050 g/mol. The number of allylic oxidation sites excluding steroid dienone is 19. The number of hydrogen-bond donors (Lipinski definition) is 3. The Hall–Kier alpha value is -3.21. The van der Waals surface area contributed by atoms with Crippen LogP contribution in [0, 0.1) is 0 Å². The molecule has 1 amide bonds. The summed E-state index contributed by atoms with van der Waals surface area (Å²) in [5, 5.41) is 23.2. The van der Waals surface area contributed by atoms with Crippen LogP contribution < -0.4 is 5.32 Å². The zero-order chi connectivity index (χ0) is 54.8. The third-order valence-electron chi connectivity index (χ3n) is 14.4. The molecule has 2 unspecified atom stereocenters. The quantitative estimate of drug-likeness (QED) is 0.0420. The molecule has 4 nitrogen and oxygen atoms in total. The van der Waals surface area contributed by atoms with Crippen LogP contribution in [0.2, 0.25) is 0 Å². The third-order valence-corrected chi connectivity index (χ3v) is 14.4. The zero-order valence-corrected chi connectivity index (χ0v) is 50.2. The van der Waals surface area contributed by atoms with E-state index in [2.05, 4.69) is 129 Å². The number of carbonyl (C=O) groups is 1. The molecule has 2 atom stereocenters. The van der Waals surface area contributed by atoms with Crippen LogP contribution in [0.3, 0.4) is 0 Å². The van der Waals surface area contributed by atoms with Gasteiger partial charge < -0.3 is 15.5 Å². The first-order valence-electron chi connectivity index (χ1n) is 32.7. The predicted molar refractivity (Wildman–Crippen MR) is 340 cm³/mol. The van der Waals surface area contributed by atoms with Gasteiger partial charge in [0, 0.05) is 6.42 Å². The van der Waals surface area contributed by atoms with E-state index in [0.717, 1.165) is 96.3 Å². The van der Waals surface area contributed by atoms with Crippen molar-refractivity contribution in [3.05, 3.63) is 122 Å². The van der Waals surface area contributed by atoms with Crippen molar-refractivity contribution >= 4 is 5.91 Å². The molecule has 0 aromatic carbocycles. The van der Waals surface area contributed by atoms with Gasteiger partial charge in [0.2, 0.25) is 5.91 Å². The molecule has 0 heterocycles. The minimum Gasteiger partial charge on any atom is -0.394 e. The van der Waals surface area contributed by atoms with Gasteiger partial charge in [0.25, 0.3) is 0 Å². The van der Waals surface area contributed by atoms with Crippen LogP contribution in [-0.2, 0) is 4.79 Å². The summed E-state index contributed by atoms with van der Waals surface area (Å²) in [7, 11) is 0. The lowest BCUT2D eigenvalue weighted by molar-refractivity contribution is -0.123. The van der Waals surface area contributed by atoms with Crippen molar-refractivity contribution in [1.82, 2.24) is 5.32 Å². The highest BCUT2D eigenvalue weighted by atomic mass is 16.3. The summed E-state index contributed by atoms with van der Waals surface area (Å²) in [6.45, 7) is 4.20. The Balaban J connectivity index is 3.59. The van der Waals surface area contributed by atoms with Crippen LogP contribution >= 0.6 is 0 Å². The highest BCUT2D eigenvalue weighted by molar-refractivity contribution is 5.76. The normalized spacial score (nSPS) is 13.6. The maximum absolute atomic E-state index is 12.5. The molecular formula is C72H125NO3. The van der Waals surface area contributed by atoms with Gasteiger partial charge in [-0.15, -0.1) is 0 Å². The van der Waals surface area contributed by atoms with Crippen LogP contribution in [0.25, 0.3) is 0 Å². The van der Waals surface area contributed by atoms with E-state index in [9.17, 15) is 15.0 Å². The van der Waals surface area contributed by atoms with E-state index < -0.39 is 12.1 Å². The molecular weight excluding hydrogens is 927 g/mol. The van der Waals surface area contributed by atoms with Gasteiger partial charge in [-0.3, -0.25) is 4.79 Å². The summed E-state index contributed by atoms with van der Waals surface area (Å²) in [5.74, 6) is -0.0906. The highest BCUT2D eigenvalue weighted by Gasteiger charge is 2.18. The molecule has 0 spiro atoms. The minimum atomic E-state index is -0.880. The molecule has 76 heavy (non-hydrogen) atoms. The molecule has 0 aromatic heterocycles. The standard InChI is InChI=1S/C72H125NO3/c1-3-5-7-9-11-13-15-17-19-21-23-25-27-29-31-33-35-36-38-39-41-43-45-47-49-51-53-55-57-59-61-63-65-67-71(75)70(69-74)73-72(76)68-66-64-62-60-58-56-54-52-50-48-46-44-42-40-37-34-32-30-28-26-24-22-20-18-16-14-12-10-8-6-4-2/h6,8,12,14,18,20,24,26,30,32,37,40,44,46,50,52,57,59,65,67,70-71,74-75H,3-5,7,9-11,13,15-17,19,21-23,25,27-29,31,33-36,38-39,41-43,45,47-49,51,53-56,58,60-64,66,68-69H2,1-2H3,(H,73,76)/b8-6-,14-12-,20-18-,26-24-,32-30-,40-37-,46-44-,52-50-,59-57+,67-65+. The average Bonchev–Trinajstić information content (AvgIpc) is 3.42. The van der Waals surface area contributed by atoms with Crippen LogP contribution in [0.1, 0.15) is 309 Å². The first kappa shape index (κ1) is 72.8. The molecule has 0 aliphatic rings. The number of amides is 1. The van der Waals surface area contributed by atoms with Gasteiger partial charge in [0.1, 0.15) is 0 Å². The van der Waals surface area contributed by atoms with E-state index in [1.807, 2.05) is 6.08 Å². The lowest BCUT2D eigenvalue weighted by Gasteiger charge is -2.19. The fourth-order valence-corrected chi connectivity index (χ4v) is 9.51. The molecule has 0 fully saturated rings. The minimum absolute atomic E-state index is 0.0906. The van der Waals surface area contributed by atoms with Crippen molar-refractivity contribution in [2.45, 2.75) is 321 Å². The maximum Gasteiger partial charge on any atom is 0.220 e. The summed E-state index contributed by atoms with van der Waals surface area (Å²) in [6, 6.07) is -0.659. The topological polar surface area (TPSA) is 69.6 Å². The summed E-state index contributed by atoms with van der Waals surface area (Å²) in [5.41, 5.74) is 0. The highest BCUT2D eigenvalue weighted by Crippen LogP contribution is 2.17. The zero-order valence-electron chi connectivity index (χ0n) is 50.2. The number of hydrogen-bond acceptors (Lipinski definition) is 3. The molecule has 4 heteroatoms. The summed E-state index contributed by atoms with van der Waals surface area (Å²) >= 11 is 0. The first-order valence-corrected chi connectivity index (χ1v) is 32.7. The Bertz CT molecular complexity index is 1470. The number of aliphatic hydroxyl groups is 2. The van der Waals surface area contributed by atoms with Crippen molar-refractivity contribution in [3.8, 4) is 0 Å². The summed E-state index contributed by atoms with van der Waals surface area (Å²) < 4.78 is 0. The van der Waals surface area contributed by atoms with Gasteiger partial charge >= 0.3 is 0 Å². The Kier molecular flexibility index (Phi) is 63.3. The van der Waals surface area contributed by atoms with E-state index in [0.29, 0.717) is 6.42 Å². The molecule has 0 bridgehead atoms. The lowest BCUT2D eigenvalue weighted by Crippen LogP contribution is -2.45. The maximum atomic E-state index is 12.5. The number of carbonyl (C=O) groups excluding carboxylic acids is 1. The smallest absolute Gasteiger partial charge is 0.220 e. The van der Waals surface area contributed by atoms with Crippen LogP contribution in [0.15, 0.2) is 122 Å². The second-order valence-electron chi connectivity index (χ2n) is 21.8. The van der Waals surface area contributed by atoms with Crippen LogP contribution in [-0.4, -0.2) is 34.9 Å². The molecule has 0 saturated carbocycles. The number of aliphatic hydroxyl groups excluding tert-OH is 2. The van der Waals surface area contributed by atoms with Gasteiger partial charge in [-0.05, 0) is 96.3 Å². The van der Waals surface area contributed by atoms with Crippen LogP contribution in [0.4, 0.5) is 0 Å². The van der Waals surface area contributed by atoms with Crippen molar-refractivity contribution in [2.24, 2.45) is 0 Å². The first-order chi connectivity index (χ1) is 37.7. The molecule has 0 aromatic rings. The predicted octanol–water partition coefficient (Wildman–Crippen LogP) is 22.4. The molecule has 436 valence electrons. The second kappa shape index (κ2) is 66.1. The van der Waals surface area contributed by atoms with Gasteiger partial charge in [-0.25, -0.2) is 0 Å². The molecule has 0 aliphatic heterocycles. The van der Waals surface area contributed by atoms with Gasteiger partial charge in [-0.2, -0.15) is 0 Å². The number of rotatable bonds is 59. The summed E-state index contributed by atoms with van der Waals surface area (Å²) in [6.07, 6.45) is 101. The second-order valence-corrected chi connectivity index (χ2v) is 21.8. The fraction of sp³-hybridized carbons (Fsp3) is 0.708. The Labute approximate surface area is 473 Å². The van der Waals surface area contributed by atoms with Crippen molar-refractivity contribution in [2.75, 3.05) is 6.61 Å². The van der Waals surface area contributed by atoms with Crippen molar-refractivity contribution in [3.63, 3.8) is 0 Å². The lowest BCUT2D eigenvalue weighted by atomic mass is 10.0.